The summed E-state index contributed by atoms with van der Waals surface area (Å²) in [4.78, 5) is 29.2. The van der Waals surface area contributed by atoms with Gasteiger partial charge in [0.25, 0.3) is 0 Å². The summed E-state index contributed by atoms with van der Waals surface area (Å²) < 4.78 is 30.5. The second-order valence-corrected chi connectivity index (χ2v) is 10.7. The molecule has 36 heavy (non-hydrogen) atoms. The minimum absolute atomic E-state index is 0.0877. The smallest absolute Gasteiger partial charge is 0.222 e. The summed E-state index contributed by atoms with van der Waals surface area (Å²) in [6.45, 7) is 6.47. The van der Waals surface area contributed by atoms with Crippen molar-refractivity contribution in [2.24, 2.45) is 5.92 Å². The van der Waals surface area contributed by atoms with Crippen molar-refractivity contribution in [3.63, 3.8) is 0 Å². The Balaban J connectivity index is 1.48. The van der Waals surface area contributed by atoms with E-state index in [9.17, 15) is 9.18 Å². The summed E-state index contributed by atoms with van der Waals surface area (Å²) in [5.41, 5.74) is 6.59. The molecule has 1 amide bonds. The number of anilines is 2. The Kier molecular flexibility index (Phi) is 6.65. The highest BCUT2D eigenvalue weighted by Crippen LogP contribution is 2.42. The van der Waals surface area contributed by atoms with Crippen LogP contribution in [0.2, 0.25) is 5.02 Å². The number of nitrogens with two attached hydrogens (primary N) is 1. The molecule has 5 rings (SSSR count). The molecule has 0 aliphatic carbocycles. The van der Waals surface area contributed by atoms with Crippen molar-refractivity contribution in [2.75, 3.05) is 36.8 Å². The molecular formula is C25H25ClF2N6OS. The van der Waals surface area contributed by atoms with E-state index in [4.69, 9.17) is 17.3 Å². The minimum atomic E-state index is -0.636. The van der Waals surface area contributed by atoms with Crippen LogP contribution in [0.25, 0.3) is 32.2 Å². The van der Waals surface area contributed by atoms with Gasteiger partial charge in [0, 0.05) is 49.1 Å². The number of carbonyl (C=O) groups excluding carboxylic acids is 1. The van der Waals surface area contributed by atoms with Gasteiger partial charge in [0.1, 0.15) is 23.5 Å². The molecule has 1 saturated heterocycles. The lowest BCUT2D eigenvalue weighted by molar-refractivity contribution is -0.131. The maximum Gasteiger partial charge on any atom is 0.222 e. The number of nitrogens with zero attached hydrogens (tertiary/aromatic N) is 5. The third-order valence-electron chi connectivity index (χ3n) is 6.45. The molecule has 7 nitrogen and oxygen atoms in total. The van der Waals surface area contributed by atoms with E-state index >= 15 is 4.39 Å². The highest BCUT2D eigenvalue weighted by Gasteiger charge is 2.26. The maximum atomic E-state index is 15.9. The third-order valence-corrected chi connectivity index (χ3v) is 7.64. The topological polar surface area (TPSA) is 88.2 Å². The summed E-state index contributed by atoms with van der Waals surface area (Å²) in [5.74, 6) is 0.0765. The van der Waals surface area contributed by atoms with E-state index in [1.54, 1.807) is 6.07 Å². The van der Waals surface area contributed by atoms with Gasteiger partial charge in [0.15, 0.2) is 10.9 Å². The van der Waals surface area contributed by atoms with Gasteiger partial charge >= 0.3 is 0 Å². The van der Waals surface area contributed by atoms with Gasteiger partial charge in [-0.15, -0.1) is 0 Å². The predicted octanol–water partition coefficient (Wildman–Crippen LogP) is 5.51. The number of rotatable bonds is 5. The summed E-state index contributed by atoms with van der Waals surface area (Å²) in [6, 6.07) is 4.34. The van der Waals surface area contributed by atoms with Gasteiger partial charge < -0.3 is 15.5 Å². The second kappa shape index (κ2) is 9.74. The van der Waals surface area contributed by atoms with Crippen LogP contribution in [0.3, 0.4) is 0 Å². The van der Waals surface area contributed by atoms with Gasteiger partial charge in [-0.2, -0.15) is 0 Å². The molecule has 1 aliphatic heterocycles. The lowest BCUT2D eigenvalue weighted by Gasteiger charge is -2.36. The van der Waals surface area contributed by atoms with Gasteiger partial charge in [-0.25, -0.2) is 23.7 Å². The number of fused-ring (bicyclic) bond motifs is 2. The lowest BCUT2D eigenvalue weighted by Crippen LogP contribution is -2.49. The molecule has 1 fully saturated rings. The first-order valence-electron chi connectivity index (χ1n) is 11.7. The lowest BCUT2D eigenvalue weighted by atomic mass is 10.0. The zero-order valence-electron chi connectivity index (χ0n) is 19.9. The van der Waals surface area contributed by atoms with Crippen LogP contribution in [0.1, 0.15) is 26.7 Å². The fourth-order valence-electron chi connectivity index (χ4n) is 4.55. The number of piperazine rings is 1. The number of hydrogen-bond acceptors (Lipinski definition) is 7. The van der Waals surface area contributed by atoms with Gasteiger partial charge in [-0.3, -0.25) is 4.79 Å². The van der Waals surface area contributed by atoms with Crippen LogP contribution in [0.15, 0.2) is 24.5 Å². The zero-order chi connectivity index (χ0) is 25.6. The van der Waals surface area contributed by atoms with Crippen LogP contribution >= 0.6 is 22.9 Å². The Bertz CT molecular complexity index is 1470. The number of thiazole rings is 1. The SMILES string of the molecule is CC(C)CCC(=O)N1CCN(c2ncnc3c(F)c(-c4ccc(F)c5sc(N)nc45)c(Cl)cc23)CC1. The monoisotopic (exact) mass is 530 g/mol. The molecule has 2 aromatic heterocycles. The fraction of sp³-hybridized carbons (Fsp3) is 0.360. The van der Waals surface area contributed by atoms with Crippen LogP contribution in [-0.4, -0.2) is 51.9 Å². The fourth-order valence-corrected chi connectivity index (χ4v) is 5.60. The van der Waals surface area contributed by atoms with E-state index in [2.05, 4.69) is 28.8 Å². The molecular weight excluding hydrogens is 506 g/mol. The average molecular weight is 531 g/mol. The highest BCUT2D eigenvalue weighted by molar-refractivity contribution is 7.22. The van der Waals surface area contributed by atoms with Crippen molar-refractivity contribution in [2.45, 2.75) is 26.7 Å². The molecule has 0 spiro atoms. The minimum Gasteiger partial charge on any atom is -0.375 e. The summed E-state index contributed by atoms with van der Waals surface area (Å²) in [5, 5.41) is 0.789. The molecule has 0 radical (unpaired) electrons. The van der Waals surface area contributed by atoms with Crippen LogP contribution < -0.4 is 10.6 Å². The Hall–Kier alpha value is -3.11. The number of carbonyl (C=O) groups is 1. The number of nitrogen functional groups attached to an aromatic ring is 1. The van der Waals surface area contributed by atoms with Crippen LogP contribution in [0.5, 0.6) is 0 Å². The molecule has 1 aliphatic rings. The first kappa shape index (κ1) is 24.6. The third kappa shape index (κ3) is 4.43. The number of aromatic nitrogens is 3. The molecule has 4 aromatic rings. The summed E-state index contributed by atoms with van der Waals surface area (Å²) >= 11 is 7.61. The van der Waals surface area contributed by atoms with Crippen molar-refractivity contribution < 1.29 is 13.6 Å². The molecule has 11 heteroatoms. The van der Waals surface area contributed by atoms with Crippen molar-refractivity contribution in [1.29, 1.82) is 0 Å². The van der Waals surface area contributed by atoms with Crippen LogP contribution in [-0.2, 0) is 4.79 Å². The number of hydrogen-bond donors (Lipinski definition) is 1. The molecule has 0 saturated carbocycles. The van der Waals surface area contributed by atoms with Crippen LogP contribution in [0, 0.1) is 17.6 Å². The van der Waals surface area contributed by atoms with Crippen LogP contribution in [0.4, 0.5) is 19.7 Å². The summed E-state index contributed by atoms with van der Waals surface area (Å²) in [7, 11) is 0. The standard InChI is InChI=1S/C25H25ClF2N6OS/c1-13(2)3-6-18(35)33-7-9-34(10-8-33)24-15-11-16(26)19(20(28)21(15)30-12-31-24)14-4-5-17(27)23-22(14)32-25(29)36-23/h4-5,11-13H,3,6-10H2,1-2H3,(H2,29,32). The maximum absolute atomic E-state index is 15.9. The Morgan fingerprint density at radius 1 is 1.17 bits per heavy atom. The normalized spacial score (nSPS) is 14.4. The van der Waals surface area contributed by atoms with Gasteiger partial charge in [-0.05, 0) is 30.5 Å². The van der Waals surface area contributed by atoms with Crippen molar-refractivity contribution in [3.8, 4) is 11.1 Å². The zero-order valence-corrected chi connectivity index (χ0v) is 21.5. The van der Waals surface area contributed by atoms with Gasteiger partial charge in [0.2, 0.25) is 5.91 Å². The predicted molar refractivity (Wildman–Crippen MR) is 140 cm³/mol. The molecule has 0 unspecified atom stereocenters. The molecule has 0 atom stereocenters. The van der Waals surface area contributed by atoms with Gasteiger partial charge in [0.05, 0.1) is 15.2 Å². The second-order valence-electron chi connectivity index (χ2n) is 9.27. The number of halogens is 3. The van der Waals surface area contributed by atoms with Crippen molar-refractivity contribution in [3.05, 3.63) is 41.2 Å². The molecule has 2 aromatic carbocycles. The first-order valence-corrected chi connectivity index (χ1v) is 12.9. The average Bonchev–Trinajstić information content (AvgIpc) is 3.26. The quantitative estimate of drug-likeness (QED) is 0.366. The molecule has 2 N–H and O–H groups in total. The van der Waals surface area contributed by atoms with E-state index in [0.717, 1.165) is 17.8 Å². The van der Waals surface area contributed by atoms with E-state index in [0.29, 0.717) is 55.3 Å². The summed E-state index contributed by atoms with van der Waals surface area (Å²) in [6.07, 6.45) is 2.72. The molecule has 0 bridgehead atoms. The molecule has 188 valence electrons. The first-order chi connectivity index (χ1) is 17.2. The van der Waals surface area contributed by atoms with E-state index < -0.39 is 11.6 Å². The van der Waals surface area contributed by atoms with Gasteiger partial charge in [-0.1, -0.05) is 36.8 Å². The highest BCUT2D eigenvalue weighted by atomic mass is 35.5. The molecule has 3 heterocycles. The van der Waals surface area contributed by atoms with Crippen molar-refractivity contribution in [1.82, 2.24) is 19.9 Å². The largest absolute Gasteiger partial charge is 0.375 e. The van der Waals surface area contributed by atoms with E-state index in [-0.39, 0.29) is 37.4 Å². The Morgan fingerprint density at radius 2 is 1.92 bits per heavy atom. The Labute approximate surface area is 215 Å². The number of amides is 1. The van der Waals surface area contributed by atoms with Crippen molar-refractivity contribution >= 4 is 60.9 Å². The Morgan fingerprint density at radius 3 is 2.64 bits per heavy atom. The van der Waals surface area contributed by atoms with E-state index in [1.807, 2.05) is 9.80 Å². The van der Waals surface area contributed by atoms with E-state index in [1.165, 1.54) is 18.5 Å². The number of benzene rings is 2.